The zero-order valence-electron chi connectivity index (χ0n) is 8.40. The molecule has 0 saturated carbocycles. The first-order chi connectivity index (χ1) is 5.35. The van der Waals surface area contributed by atoms with Crippen LogP contribution >= 0.6 is 0 Å². The highest BCUT2D eigenvalue weighted by Crippen LogP contribution is 2.17. The van der Waals surface area contributed by atoms with Crippen LogP contribution in [0.4, 0.5) is 0 Å². The van der Waals surface area contributed by atoms with E-state index in [1.165, 1.54) is 38.3 Å². The quantitative estimate of drug-likeness (QED) is 0.385. The van der Waals surface area contributed by atoms with Crippen molar-refractivity contribution in [2.45, 2.75) is 59.1 Å². The van der Waals surface area contributed by atoms with Crippen molar-refractivity contribution in [1.82, 2.24) is 0 Å². The molecular weight excluding hydrogens is 131 g/mol. The van der Waals surface area contributed by atoms with E-state index in [2.05, 4.69) is 28.1 Å². The summed E-state index contributed by atoms with van der Waals surface area (Å²) in [5.74, 6) is 0.989. The van der Waals surface area contributed by atoms with Gasteiger partial charge in [0, 0.05) is 0 Å². The molecule has 0 aliphatic rings. The smallest absolute Gasteiger partial charge is 0.0831 e. The van der Waals surface area contributed by atoms with E-state index in [1.807, 2.05) is 0 Å². The summed E-state index contributed by atoms with van der Waals surface area (Å²) in [5.41, 5.74) is 0. The molecule has 0 spiro atoms. The fraction of sp³-hybridized carbons (Fsp3) is 1.00. The summed E-state index contributed by atoms with van der Waals surface area (Å²) in [6.07, 6.45) is 8.12. The summed E-state index contributed by atoms with van der Waals surface area (Å²) in [4.78, 5) is 0. The SMILES string of the molecule is CC[B]CCC(CC)CCC. The zero-order chi connectivity index (χ0) is 8.53. The van der Waals surface area contributed by atoms with Crippen molar-refractivity contribution in [3.05, 3.63) is 0 Å². The zero-order valence-corrected chi connectivity index (χ0v) is 8.40. The van der Waals surface area contributed by atoms with Gasteiger partial charge in [-0.3, -0.25) is 0 Å². The molecule has 11 heavy (non-hydrogen) atoms. The molecule has 1 unspecified atom stereocenters. The van der Waals surface area contributed by atoms with E-state index in [0.29, 0.717) is 0 Å². The van der Waals surface area contributed by atoms with Gasteiger partial charge >= 0.3 is 0 Å². The van der Waals surface area contributed by atoms with Crippen molar-refractivity contribution in [1.29, 1.82) is 0 Å². The van der Waals surface area contributed by atoms with E-state index in [9.17, 15) is 0 Å². The lowest BCUT2D eigenvalue weighted by molar-refractivity contribution is 0.450. The molecule has 1 radical (unpaired) electrons. The third-order valence-corrected chi connectivity index (χ3v) is 2.34. The molecule has 1 atom stereocenters. The summed E-state index contributed by atoms with van der Waals surface area (Å²) in [7, 11) is 2.40. The van der Waals surface area contributed by atoms with Gasteiger partial charge in [-0.05, 0) is 5.92 Å². The monoisotopic (exact) mass is 153 g/mol. The van der Waals surface area contributed by atoms with E-state index in [-0.39, 0.29) is 0 Å². The molecule has 0 heterocycles. The Morgan fingerprint density at radius 1 is 1.09 bits per heavy atom. The Morgan fingerprint density at radius 3 is 2.27 bits per heavy atom. The van der Waals surface area contributed by atoms with Gasteiger partial charge in [-0.2, -0.15) is 0 Å². The third-order valence-electron chi connectivity index (χ3n) is 2.34. The van der Waals surface area contributed by atoms with E-state index in [1.54, 1.807) is 0 Å². The van der Waals surface area contributed by atoms with Gasteiger partial charge in [0.05, 0.1) is 0 Å². The van der Waals surface area contributed by atoms with Gasteiger partial charge in [0.15, 0.2) is 0 Å². The number of hydrogen-bond acceptors (Lipinski definition) is 0. The van der Waals surface area contributed by atoms with Crippen LogP contribution in [0.1, 0.15) is 46.5 Å². The van der Waals surface area contributed by atoms with Gasteiger partial charge in [-0.15, -0.1) is 0 Å². The Labute approximate surface area is 73.0 Å². The Kier molecular flexibility index (Phi) is 8.21. The first-order valence-electron chi connectivity index (χ1n) is 5.16. The van der Waals surface area contributed by atoms with Gasteiger partial charge in [0.1, 0.15) is 7.28 Å². The topological polar surface area (TPSA) is 0 Å². The van der Waals surface area contributed by atoms with Crippen molar-refractivity contribution >= 4 is 7.28 Å². The van der Waals surface area contributed by atoms with Crippen LogP contribution in [0, 0.1) is 5.92 Å². The highest BCUT2D eigenvalue weighted by molar-refractivity contribution is 6.35. The van der Waals surface area contributed by atoms with Gasteiger partial charge in [-0.25, -0.2) is 0 Å². The van der Waals surface area contributed by atoms with Crippen LogP contribution in [-0.2, 0) is 0 Å². The Bertz CT molecular complexity index is 71.3. The number of rotatable bonds is 7. The van der Waals surface area contributed by atoms with Gasteiger partial charge in [-0.1, -0.05) is 59.1 Å². The lowest BCUT2D eigenvalue weighted by atomic mass is 9.69. The normalized spacial score (nSPS) is 13.0. The minimum atomic E-state index is 0.989. The average molecular weight is 153 g/mol. The second-order valence-electron chi connectivity index (χ2n) is 3.34. The molecule has 0 aromatic carbocycles. The molecule has 65 valence electrons. The fourth-order valence-electron chi connectivity index (χ4n) is 1.52. The molecule has 0 bridgehead atoms. The maximum absolute atomic E-state index is 2.40. The van der Waals surface area contributed by atoms with E-state index in [0.717, 1.165) is 5.92 Å². The predicted octanol–water partition coefficient (Wildman–Crippen LogP) is 3.76. The van der Waals surface area contributed by atoms with Crippen molar-refractivity contribution in [3.63, 3.8) is 0 Å². The van der Waals surface area contributed by atoms with Gasteiger partial charge in [0.2, 0.25) is 0 Å². The van der Waals surface area contributed by atoms with Gasteiger partial charge < -0.3 is 0 Å². The summed E-state index contributed by atoms with van der Waals surface area (Å²) < 4.78 is 0. The summed E-state index contributed by atoms with van der Waals surface area (Å²) in [6, 6.07) is 0. The van der Waals surface area contributed by atoms with Crippen molar-refractivity contribution < 1.29 is 0 Å². The molecule has 0 aliphatic carbocycles. The van der Waals surface area contributed by atoms with Crippen LogP contribution in [0.25, 0.3) is 0 Å². The largest absolute Gasteiger partial charge is 0.109 e. The Balaban J connectivity index is 3.20. The van der Waals surface area contributed by atoms with Crippen LogP contribution in [0.2, 0.25) is 12.6 Å². The fourth-order valence-corrected chi connectivity index (χ4v) is 1.52. The van der Waals surface area contributed by atoms with Crippen LogP contribution in [0.15, 0.2) is 0 Å². The maximum Gasteiger partial charge on any atom is 0.109 e. The van der Waals surface area contributed by atoms with Gasteiger partial charge in [0.25, 0.3) is 0 Å². The predicted molar refractivity (Wildman–Crippen MR) is 54.3 cm³/mol. The minimum Gasteiger partial charge on any atom is -0.0831 e. The molecule has 0 fully saturated rings. The first-order valence-corrected chi connectivity index (χ1v) is 5.16. The van der Waals surface area contributed by atoms with Crippen LogP contribution in [0.5, 0.6) is 0 Å². The highest BCUT2D eigenvalue weighted by Gasteiger charge is 2.03. The third kappa shape index (κ3) is 6.46. The molecule has 0 aromatic rings. The molecule has 0 aliphatic heterocycles. The second-order valence-corrected chi connectivity index (χ2v) is 3.34. The van der Waals surface area contributed by atoms with Crippen molar-refractivity contribution in [2.75, 3.05) is 0 Å². The Morgan fingerprint density at radius 2 is 1.82 bits per heavy atom. The summed E-state index contributed by atoms with van der Waals surface area (Å²) in [6.45, 7) is 6.82. The Hall–Kier alpha value is 0.0649. The van der Waals surface area contributed by atoms with Crippen molar-refractivity contribution in [3.8, 4) is 0 Å². The van der Waals surface area contributed by atoms with E-state index < -0.39 is 0 Å². The van der Waals surface area contributed by atoms with Crippen LogP contribution in [0.3, 0.4) is 0 Å². The highest BCUT2D eigenvalue weighted by atomic mass is 14.1. The van der Waals surface area contributed by atoms with Crippen LogP contribution < -0.4 is 0 Å². The summed E-state index contributed by atoms with van der Waals surface area (Å²) in [5, 5.41) is 0. The average Bonchev–Trinajstić information content (AvgIpc) is 2.03. The molecule has 0 nitrogen and oxygen atoms in total. The lowest BCUT2D eigenvalue weighted by Gasteiger charge is -2.12. The molecule has 0 aromatic heterocycles. The molecule has 0 rings (SSSR count). The van der Waals surface area contributed by atoms with Crippen molar-refractivity contribution in [2.24, 2.45) is 5.92 Å². The minimum absolute atomic E-state index is 0.989. The molecule has 0 saturated heterocycles. The molecular formula is C10H22B. The van der Waals surface area contributed by atoms with Crippen LogP contribution in [-0.4, -0.2) is 7.28 Å². The standard InChI is InChI=1S/C10H22B/c1-4-7-10(5-2)8-9-11-6-3/h10H,4-9H2,1-3H3. The molecule has 0 N–H and O–H groups in total. The van der Waals surface area contributed by atoms with E-state index >= 15 is 0 Å². The number of hydrogen-bond donors (Lipinski definition) is 0. The summed E-state index contributed by atoms with van der Waals surface area (Å²) >= 11 is 0. The second kappa shape index (κ2) is 8.16. The molecule has 1 heteroatoms. The van der Waals surface area contributed by atoms with E-state index in [4.69, 9.17) is 0 Å². The first kappa shape index (κ1) is 11.1. The molecule has 0 amide bonds. The lowest BCUT2D eigenvalue weighted by Crippen LogP contribution is -1.99. The maximum atomic E-state index is 2.40.